The third kappa shape index (κ3) is 4.97. The highest BCUT2D eigenvalue weighted by Crippen LogP contribution is 2.25. The van der Waals surface area contributed by atoms with E-state index >= 15 is 0 Å². The number of hydrogen-bond donors (Lipinski definition) is 4. The molecule has 3 rings (SSSR count). The molecule has 8 nitrogen and oxygen atoms in total. The van der Waals surface area contributed by atoms with Crippen molar-refractivity contribution in [1.29, 1.82) is 0 Å². The molecule has 30 heavy (non-hydrogen) atoms. The number of halogens is 2. The van der Waals surface area contributed by atoms with E-state index in [1.54, 1.807) is 11.6 Å². The highest BCUT2D eigenvalue weighted by molar-refractivity contribution is 7.16. The van der Waals surface area contributed by atoms with Crippen LogP contribution >= 0.6 is 11.3 Å². The van der Waals surface area contributed by atoms with E-state index in [1.807, 2.05) is 6.92 Å². The molecule has 0 saturated carbocycles. The van der Waals surface area contributed by atoms with E-state index in [9.17, 15) is 18.7 Å². The number of fused-ring (bicyclic) bond motifs is 1. The van der Waals surface area contributed by atoms with Crippen molar-refractivity contribution < 1.29 is 18.7 Å². The second-order valence-electron chi connectivity index (χ2n) is 7.10. The molecule has 3 aromatic heterocycles. The molecule has 4 N–H and O–H groups in total. The molecule has 1 unspecified atom stereocenters. The van der Waals surface area contributed by atoms with Gasteiger partial charge >= 0.3 is 0 Å². The predicted octanol–water partition coefficient (Wildman–Crippen LogP) is 3.24. The summed E-state index contributed by atoms with van der Waals surface area (Å²) >= 11 is 1.28. The Morgan fingerprint density at radius 3 is 2.80 bits per heavy atom. The minimum absolute atomic E-state index is 0.00986. The van der Waals surface area contributed by atoms with Crippen LogP contribution in [0.1, 0.15) is 31.1 Å². The van der Waals surface area contributed by atoms with E-state index in [-0.39, 0.29) is 23.7 Å². The van der Waals surface area contributed by atoms with E-state index in [0.29, 0.717) is 22.6 Å². The summed E-state index contributed by atoms with van der Waals surface area (Å²) in [5, 5.41) is 17.9. The Labute approximate surface area is 175 Å². The van der Waals surface area contributed by atoms with Crippen molar-refractivity contribution in [2.24, 2.45) is 0 Å². The van der Waals surface area contributed by atoms with E-state index in [4.69, 9.17) is 0 Å². The maximum Gasteiger partial charge on any atom is 0.255 e. The Kier molecular flexibility index (Phi) is 6.42. The molecule has 1 atom stereocenters. The Morgan fingerprint density at radius 1 is 1.33 bits per heavy atom. The number of pyridine rings is 2. The topological polar surface area (TPSA) is 112 Å². The number of aromatic nitrogens is 3. The first-order valence-corrected chi connectivity index (χ1v) is 10.1. The number of aliphatic hydroxyl groups is 1. The van der Waals surface area contributed by atoms with E-state index in [2.05, 4.69) is 30.9 Å². The minimum Gasteiger partial charge on any atom is -0.387 e. The van der Waals surface area contributed by atoms with E-state index < -0.39 is 23.5 Å². The molecule has 0 bridgehead atoms. The fourth-order valence-corrected chi connectivity index (χ4v) is 3.19. The van der Waals surface area contributed by atoms with Crippen molar-refractivity contribution >= 4 is 44.9 Å². The Morgan fingerprint density at radius 2 is 2.10 bits per heavy atom. The lowest BCUT2D eigenvalue weighted by molar-refractivity contribution is -0.00177. The lowest BCUT2D eigenvalue weighted by atomic mass is 10.0. The van der Waals surface area contributed by atoms with Crippen molar-refractivity contribution in [3.63, 3.8) is 0 Å². The normalized spacial score (nSPS) is 12.6. The van der Waals surface area contributed by atoms with Gasteiger partial charge in [-0.25, -0.2) is 23.7 Å². The third-order valence-electron chi connectivity index (χ3n) is 4.25. The molecular weight excluding hydrogens is 414 g/mol. The van der Waals surface area contributed by atoms with Crippen molar-refractivity contribution in [1.82, 2.24) is 20.3 Å². The molecule has 0 fully saturated rings. The van der Waals surface area contributed by atoms with Gasteiger partial charge in [0.1, 0.15) is 22.3 Å². The van der Waals surface area contributed by atoms with Gasteiger partial charge in [-0.15, -0.1) is 11.3 Å². The molecule has 0 saturated heterocycles. The summed E-state index contributed by atoms with van der Waals surface area (Å²) in [6, 6.07) is 2.82. The number of hydrogen-bond acceptors (Lipinski definition) is 8. The SMILES string of the molecule is CCNc1cc(Nc2nc3scnc3cc2F)ncc1C(=O)NCC(F)C(C)(C)O. The molecule has 0 radical (unpaired) electrons. The Hall–Kier alpha value is -2.92. The van der Waals surface area contributed by atoms with Gasteiger partial charge in [0.15, 0.2) is 11.6 Å². The van der Waals surface area contributed by atoms with Gasteiger partial charge in [-0.1, -0.05) is 0 Å². The number of anilines is 3. The lowest BCUT2D eigenvalue weighted by Gasteiger charge is -2.22. The number of nitrogens with zero attached hydrogens (tertiary/aromatic N) is 3. The maximum atomic E-state index is 14.3. The molecule has 160 valence electrons. The number of nitrogens with one attached hydrogen (secondary N) is 3. The summed E-state index contributed by atoms with van der Waals surface area (Å²) in [5.74, 6) is -0.864. The maximum absolute atomic E-state index is 14.3. The zero-order valence-corrected chi connectivity index (χ0v) is 17.5. The van der Waals surface area contributed by atoms with E-state index in [1.165, 1.54) is 37.4 Å². The molecule has 0 aliphatic heterocycles. The molecule has 0 aliphatic carbocycles. The van der Waals surface area contributed by atoms with Crippen LogP contribution in [0.2, 0.25) is 0 Å². The number of alkyl halides is 1. The van der Waals surface area contributed by atoms with Crippen LogP contribution in [0.5, 0.6) is 0 Å². The molecule has 11 heteroatoms. The number of amides is 1. The first-order chi connectivity index (χ1) is 14.2. The average Bonchev–Trinajstić information content (AvgIpc) is 3.13. The Bertz CT molecular complexity index is 1050. The van der Waals surface area contributed by atoms with Crippen LogP contribution in [0.15, 0.2) is 23.8 Å². The van der Waals surface area contributed by atoms with Gasteiger partial charge in [0.25, 0.3) is 5.91 Å². The van der Waals surface area contributed by atoms with Gasteiger partial charge in [-0.05, 0) is 20.8 Å². The summed E-state index contributed by atoms with van der Waals surface area (Å²) in [6.07, 6.45) is -0.329. The summed E-state index contributed by atoms with van der Waals surface area (Å²) < 4.78 is 28.2. The van der Waals surface area contributed by atoms with Crippen LogP contribution in [-0.2, 0) is 0 Å². The standard InChI is InChI=1S/C19H22F2N6O2S/c1-4-22-12-6-15(26-16-11(20)5-13-18(27-16)30-9-25-13)23-7-10(12)17(28)24-8-14(21)19(2,3)29/h5-7,9,14,29H,4,8H2,1-3H3,(H,24,28)(H2,22,23,26,27). The van der Waals surface area contributed by atoms with Gasteiger partial charge in [-0.3, -0.25) is 4.79 Å². The quantitative estimate of drug-likeness (QED) is 0.429. The molecular formula is C19H22F2N6O2S. The van der Waals surface area contributed by atoms with Crippen LogP contribution in [0.4, 0.5) is 26.1 Å². The zero-order valence-electron chi connectivity index (χ0n) is 16.7. The van der Waals surface area contributed by atoms with Crippen LogP contribution < -0.4 is 16.0 Å². The zero-order chi connectivity index (χ0) is 21.9. The minimum atomic E-state index is -1.63. The van der Waals surface area contributed by atoms with Crippen molar-refractivity contribution in [2.75, 3.05) is 23.7 Å². The van der Waals surface area contributed by atoms with Crippen LogP contribution in [0.25, 0.3) is 10.3 Å². The first kappa shape index (κ1) is 21.8. The number of thiazole rings is 1. The second-order valence-corrected chi connectivity index (χ2v) is 7.93. The average molecular weight is 436 g/mol. The van der Waals surface area contributed by atoms with Gasteiger partial charge in [0.2, 0.25) is 0 Å². The van der Waals surface area contributed by atoms with Crippen molar-refractivity contribution in [3.05, 3.63) is 35.2 Å². The van der Waals surface area contributed by atoms with Gasteiger partial charge in [0, 0.05) is 24.9 Å². The monoisotopic (exact) mass is 436 g/mol. The number of carbonyl (C=O) groups excluding carboxylic acids is 1. The van der Waals surface area contributed by atoms with Crippen molar-refractivity contribution in [3.8, 4) is 0 Å². The van der Waals surface area contributed by atoms with Crippen molar-refractivity contribution in [2.45, 2.75) is 32.5 Å². The van der Waals surface area contributed by atoms with E-state index in [0.717, 1.165) is 0 Å². The van der Waals surface area contributed by atoms with Crippen LogP contribution in [-0.4, -0.2) is 50.8 Å². The Balaban J connectivity index is 1.80. The van der Waals surface area contributed by atoms with Crippen LogP contribution in [0.3, 0.4) is 0 Å². The smallest absolute Gasteiger partial charge is 0.255 e. The highest BCUT2D eigenvalue weighted by atomic mass is 32.1. The molecule has 0 spiro atoms. The molecule has 0 aromatic carbocycles. The fourth-order valence-electron chi connectivity index (χ4n) is 2.55. The molecule has 1 amide bonds. The summed E-state index contributed by atoms with van der Waals surface area (Å²) in [5.41, 5.74) is 1.10. The lowest BCUT2D eigenvalue weighted by Crippen LogP contribution is -2.42. The van der Waals surface area contributed by atoms with Crippen LogP contribution in [0, 0.1) is 5.82 Å². The number of carbonyl (C=O) groups is 1. The second kappa shape index (κ2) is 8.84. The van der Waals surface area contributed by atoms with Gasteiger partial charge in [-0.2, -0.15) is 0 Å². The molecule has 0 aliphatic rings. The van der Waals surface area contributed by atoms with Gasteiger partial charge < -0.3 is 21.1 Å². The molecule has 3 aromatic rings. The van der Waals surface area contributed by atoms with Gasteiger partial charge in [0.05, 0.1) is 28.9 Å². The first-order valence-electron chi connectivity index (χ1n) is 9.24. The fraction of sp³-hybridized carbons (Fsp3) is 0.368. The highest BCUT2D eigenvalue weighted by Gasteiger charge is 2.27. The molecule has 3 heterocycles. The predicted molar refractivity (Wildman–Crippen MR) is 113 cm³/mol. The summed E-state index contributed by atoms with van der Waals surface area (Å²) in [4.78, 5) is 25.4. The largest absolute Gasteiger partial charge is 0.387 e. The summed E-state index contributed by atoms with van der Waals surface area (Å²) in [7, 11) is 0. The number of rotatable bonds is 8. The third-order valence-corrected chi connectivity index (χ3v) is 4.98. The summed E-state index contributed by atoms with van der Waals surface area (Å²) in [6.45, 7) is 4.66.